The minimum Gasteiger partial charge on any atom is -0.352 e. The zero-order chi connectivity index (χ0) is 18.6. The second-order valence-electron chi connectivity index (χ2n) is 8.75. The van der Waals surface area contributed by atoms with E-state index in [9.17, 15) is 13.2 Å². The third-order valence-corrected chi connectivity index (χ3v) is 8.25. The molecule has 4 fully saturated rings. The van der Waals surface area contributed by atoms with Crippen molar-refractivity contribution in [3.63, 3.8) is 0 Å². The highest BCUT2D eigenvalue weighted by atomic mass is 79.9. The van der Waals surface area contributed by atoms with Crippen LogP contribution < -0.4 is 10.5 Å². The first-order chi connectivity index (χ1) is 12.1. The highest BCUT2D eigenvalue weighted by Crippen LogP contribution is 2.65. The molecule has 26 heavy (non-hydrogen) atoms. The van der Waals surface area contributed by atoms with Crippen LogP contribution >= 0.6 is 15.9 Å². The number of primary sulfonamides is 1. The number of nitrogens with two attached hydrogens (primary N) is 1. The molecule has 3 N–H and O–H groups in total. The van der Waals surface area contributed by atoms with E-state index in [4.69, 9.17) is 5.14 Å². The second-order valence-corrected chi connectivity index (χ2v) is 12.0. The van der Waals surface area contributed by atoms with Crippen molar-refractivity contribution in [1.29, 1.82) is 0 Å². The standard InChI is InChI=1S/C19H25BrN2O3S/c20-19-8-14-5-15(9-19)7-18(6-14,12-19)10-17(23)22-11-13-1-3-16(4-2-13)26(21,24)25/h1-4,14-15H,5-12H2,(H,22,23)(H2,21,24,25)/t14-,15+,18?,19?. The Balaban J connectivity index is 1.36. The van der Waals surface area contributed by atoms with Crippen LogP contribution in [-0.2, 0) is 21.4 Å². The molecule has 142 valence electrons. The molecule has 7 heteroatoms. The Morgan fingerprint density at radius 3 is 2.31 bits per heavy atom. The van der Waals surface area contributed by atoms with Gasteiger partial charge in [0.05, 0.1) is 4.90 Å². The van der Waals surface area contributed by atoms with Crippen molar-refractivity contribution in [2.24, 2.45) is 22.4 Å². The molecule has 5 nitrogen and oxygen atoms in total. The Labute approximate surface area is 163 Å². The lowest BCUT2D eigenvalue weighted by Gasteiger charge is -2.60. The number of halogens is 1. The molecule has 0 heterocycles. The van der Waals surface area contributed by atoms with E-state index < -0.39 is 10.0 Å². The van der Waals surface area contributed by atoms with Crippen molar-refractivity contribution in [1.82, 2.24) is 5.32 Å². The first-order valence-corrected chi connectivity index (χ1v) is 11.6. The summed E-state index contributed by atoms with van der Waals surface area (Å²) in [5.41, 5.74) is 1.03. The van der Waals surface area contributed by atoms with Crippen molar-refractivity contribution in [3.8, 4) is 0 Å². The topological polar surface area (TPSA) is 89.3 Å². The molecule has 4 aliphatic rings. The van der Waals surface area contributed by atoms with Crippen molar-refractivity contribution in [2.45, 2.75) is 60.7 Å². The van der Waals surface area contributed by atoms with Crippen LogP contribution in [-0.4, -0.2) is 18.6 Å². The number of alkyl halides is 1. The van der Waals surface area contributed by atoms with Gasteiger partial charge in [0.1, 0.15) is 0 Å². The van der Waals surface area contributed by atoms with Gasteiger partial charge in [-0.15, -0.1) is 0 Å². The van der Waals surface area contributed by atoms with Gasteiger partial charge in [-0.3, -0.25) is 4.79 Å². The number of amides is 1. The fourth-order valence-electron chi connectivity index (χ4n) is 5.94. The molecule has 1 aromatic carbocycles. The van der Waals surface area contributed by atoms with Crippen molar-refractivity contribution in [2.75, 3.05) is 0 Å². The molecule has 4 aliphatic carbocycles. The normalized spacial score (nSPS) is 35.5. The van der Waals surface area contributed by atoms with Gasteiger partial charge in [-0.1, -0.05) is 28.1 Å². The summed E-state index contributed by atoms with van der Waals surface area (Å²) in [5, 5.41) is 8.11. The van der Waals surface area contributed by atoms with E-state index in [0.717, 1.165) is 23.8 Å². The van der Waals surface area contributed by atoms with Crippen LogP contribution in [0.25, 0.3) is 0 Å². The van der Waals surface area contributed by atoms with Crippen LogP contribution in [0.5, 0.6) is 0 Å². The number of hydrogen-bond acceptors (Lipinski definition) is 3. The molecule has 0 radical (unpaired) electrons. The molecular weight excluding hydrogens is 416 g/mol. The maximum atomic E-state index is 12.6. The summed E-state index contributed by atoms with van der Waals surface area (Å²) < 4.78 is 22.8. The Kier molecular flexibility index (Phi) is 4.48. The number of hydrogen-bond donors (Lipinski definition) is 2. The van der Waals surface area contributed by atoms with Gasteiger partial charge in [0, 0.05) is 17.3 Å². The van der Waals surface area contributed by atoms with E-state index >= 15 is 0 Å². The smallest absolute Gasteiger partial charge is 0.238 e. The quantitative estimate of drug-likeness (QED) is 0.689. The zero-order valence-electron chi connectivity index (χ0n) is 14.7. The molecule has 0 aromatic heterocycles. The van der Waals surface area contributed by atoms with E-state index in [1.54, 1.807) is 12.1 Å². The van der Waals surface area contributed by atoms with Crippen molar-refractivity contribution < 1.29 is 13.2 Å². The van der Waals surface area contributed by atoms with Gasteiger partial charge in [-0.05, 0) is 73.5 Å². The second kappa shape index (κ2) is 6.31. The average molecular weight is 441 g/mol. The molecule has 2 unspecified atom stereocenters. The maximum absolute atomic E-state index is 12.6. The van der Waals surface area contributed by atoms with E-state index in [1.807, 2.05) is 0 Å². The largest absolute Gasteiger partial charge is 0.352 e. The molecule has 0 aliphatic heterocycles. The molecule has 4 atom stereocenters. The van der Waals surface area contributed by atoms with Gasteiger partial charge >= 0.3 is 0 Å². The number of benzene rings is 1. The minimum atomic E-state index is -3.68. The predicted octanol–water partition coefficient (Wildman–Crippen LogP) is 3.07. The molecule has 4 saturated carbocycles. The van der Waals surface area contributed by atoms with Gasteiger partial charge in [0.15, 0.2) is 0 Å². The lowest BCUT2D eigenvalue weighted by atomic mass is 9.48. The maximum Gasteiger partial charge on any atom is 0.238 e. The SMILES string of the molecule is NS(=O)(=O)c1ccc(CNC(=O)CC23C[C@@H]4C[C@@H](CC(Br)(C4)C2)C3)cc1. The number of carbonyl (C=O) groups excluding carboxylic acids is 1. The third-order valence-electron chi connectivity index (χ3n) is 6.39. The first-order valence-electron chi connectivity index (χ1n) is 9.22. The van der Waals surface area contributed by atoms with Gasteiger partial charge in [-0.2, -0.15) is 0 Å². The summed E-state index contributed by atoms with van der Waals surface area (Å²) in [4.78, 5) is 12.7. The van der Waals surface area contributed by atoms with Gasteiger partial charge in [0.25, 0.3) is 0 Å². The van der Waals surface area contributed by atoms with E-state index in [2.05, 4.69) is 21.2 Å². The Morgan fingerprint density at radius 2 is 1.77 bits per heavy atom. The first kappa shape index (κ1) is 18.4. The predicted molar refractivity (Wildman–Crippen MR) is 103 cm³/mol. The van der Waals surface area contributed by atoms with Crippen molar-refractivity contribution >= 4 is 31.9 Å². The van der Waals surface area contributed by atoms with Gasteiger partial charge < -0.3 is 5.32 Å². The summed E-state index contributed by atoms with van der Waals surface area (Å²) in [5.74, 6) is 1.64. The Hall–Kier alpha value is -0.920. The lowest BCUT2D eigenvalue weighted by molar-refractivity contribution is -0.128. The summed E-state index contributed by atoms with van der Waals surface area (Å²) in [6, 6.07) is 6.34. The van der Waals surface area contributed by atoms with Crippen LogP contribution in [0, 0.1) is 17.3 Å². The van der Waals surface area contributed by atoms with Crippen LogP contribution in [0.15, 0.2) is 29.2 Å². The molecule has 1 amide bonds. The van der Waals surface area contributed by atoms with Crippen LogP contribution in [0.2, 0.25) is 0 Å². The van der Waals surface area contributed by atoms with Gasteiger partial charge in [-0.25, -0.2) is 13.6 Å². The number of nitrogens with one attached hydrogen (secondary N) is 1. The number of carbonyl (C=O) groups is 1. The molecule has 0 spiro atoms. The molecular formula is C19H25BrN2O3S. The minimum absolute atomic E-state index is 0.0868. The van der Waals surface area contributed by atoms with E-state index in [0.29, 0.717) is 13.0 Å². The average Bonchev–Trinajstić information content (AvgIpc) is 2.49. The molecule has 0 saturated heterocycles. The van der Waals surface area contributed by atoms with Crippen LogP contribution in [0.3, 0.4) is 0 Å². The van der Waals surface area contributed by atoms with Crippen LogP contribution in [0.1, 0.15) is 50.5 Å². The zero-order valence-corrected chi connectivity index (χ0v) is 17.1. The highest BCUT2D eigenvalue weighted by molar-refractivity contribution is 9.10. The highest BCUT2D eigenvalue weighted by Gasteiger charge is 2.57. The fraction of sp³-hybridized carbons (Fsp3) is 0.632. The summed E-state index contributed by atoms with van der Waals surface area (Å²) >= 11 is 3.99. The Morgan fingerprint density at radius 1 is 1.15 bits per heavy atom. The molecule has 5 rings (SSSR count). The Bertz CT molecular complexity index is 808. The molecule has 1 aromatic rings. The number of sulfonamides is 1. The van der Waals surface area contributed by atoms with Crippen molar-refractivity contribution in [3.05, 3.63) is 29.8 Å². The summed E-state index contributed by atoms with van der Waals surface area (Å²) in [6.07, 6.45) is 7.96. The fourth-order valence-corrected chi connectivity index (χ4v) is 7.97. The van der Waals surface area contributed by atoms with E-state index in [-0.39, 0.29) is 20.5 Å². The van der Waals surface area contributed by atoms with E-state index in [1.165, 1.54) is 44.2 Å². The summed E-state index contributed by atoms with van der Waals surface area (Å²) in [6.45, 7) is 0.409. The third kappa shape index (κ3) is 3.71. The monoisotopic (exact) mass is 440 g/mol. The molecule has 4 bridgehead atoms. The lowest BCUT2D eigenvalue weighted by Crippen LogP contribution is -2.54. The van der Waals surface area contributed by atoms with Gasteiger partial charge in [0.2, 0.25) is 15.9 Å². The number of rotatable bonds is 5. The van der Waals surface area contributed by atoms with Crippen LogP contribution in [0.4, 0.5) is 0 Å². The summed E-state index contributed by atoms with van der Waals surface area (Å²) in [7, 11) is -3.68.